The molecule has 0 saturated heterocycles. The zero-order valence-electron chi connectivity index (χ0n) is 11.6. The second-order valence-corrected chi connectivity index (χ2v) is 6.14. The molecular formula is C17H12BNO2S. The average molecular weight is 305 g/mol. The van der Waals surface area contributed by atoms with Gasteiger partial charge in [0, 0.05) is 5.56 Å². The molecule has 4 rings (SSSR count). The van der Waals surface area contributed by atoms with Crippen molar-refractivity contribution in [2.24, 2.45) is 0 Å². The fourth-order valence-electron chi connectivity index (χ4n) is 2.73. The Morgan fingerprint density at radius 1 is 0.818 bits per heavy atom. The largest absolute Gasteiger partial charge is 0.489 e. The number of hydrogen-bond donors (Lipinski definition) is 2. The SMILES string of the molecule is OB(O)c1cccc2c(-c3nc4ccccc4s3)cccc12. The molecule has 0 spiro atoms. The van der Waals surface area contributed by atoms with Crippen LogP contribution in [0.4, 0.5) is 0 Å². The van der Waals surface area contributed by atoms with Gasteiger partial charge in [-0.1, -0.05) is 48.5 Å². The van der Waals surface area contributed by atoms with E-state index in [4.69, 9.17) is 4.98 Å². The Labute approximate surface area is 131 Å². The van der Waals surface area contributed by atoms with Gasteiger partial charge in [0.05, 0.1) is 10.2 Å². The normalized spacial score (nSPS) is 11.2. The number of fused-ring (bicyclic) bond motifs is 2. The standard InChI is InChI=1S/C17H12BNO2S/c20-18(21)14-8-4-5-11-12(14)6-3-7-13(11)17-19-15-9-1-2-10-16(15)22-17/h1-10,20-21H. The minimum atomic E-state index is -1.48. The summed E-state index contributed by atoms with van der Waals surface area (Å²) < 4.78 is 1.15. The van der Waals surface area contributed by atoms with Crippen LogP contribution in [-0.2, 0) is 0 Å². The van der Waals surface area contributed by atoms with Crippen LogP contribution in [0.2, 0.25) is 0 Å². The molecule has 2 N–H and O–H groups in total. The Kier molecular flexibility index (Phi) is 3.19. The van der Waals surface area contributed by atoms with Gasteiger partial charge in [-0.15, -0.1) is 11.3 Å². The summed E-state index contributed by atoms with van der Waals surface area (Å²) in [6, 6.07) is 19.5. The fourth-order valence-corrected chi connectivity index (χ4v) is 3.74. The summed E-state index contributed by atoms with van der Waals surface area (Å²) in [5.41, 5.74) is 2.51. The summed E-state index contributed by atoms with van der Waals surface area (Å²) in [5.74, 6) is 0. The predicted octanol–water partition coefficient (Wildman–Crippen LogP) is 2.80. The van der Waals surface area contributed by atoms with Crippen molar-refractivity contribution in [3.63, 3.8) is 0 Å². The third-order valence-corrected chi connectivity index (χ3v) is 4.83. The summed E-state index contributed by atoms with van der Waals surface area (Å²) >= 11 is 1.64. The third kappa shape index (κ3) is 2.11. The van der Waals surface area contributed by atoms with Crippen LogP contribution in [0.1, 0.15) is 0 Å². The van der Waals surface area contributed by atoms with Crippen LogP contribution in [0.15, 0.2) is 60.7 Å². The van der Waals surface area contributed by atoms with Gasteiger partial charge in [0.1, 0.15) is 5.01 Å². The Bertz CT molecular complexity index is 948. The first-order valence-corrected chi connectivity index (χ1v) is 7.79. The van der Waals surface area contributed by atoms with E-state index in [-0.39, 0.29) is 0 Å². The lowest BCUT2D eigenvalue weighted by atomic mass is 9.77. The van der Waals surface area contributed by atoms with E-state index in [9.17, 15) is 10.0 Å². The van der Waals surface area contributed by atoms with Gasteiger partial charge in [0.2, 0.25) is 0 Å². The van der Waals surface area contributed by atoms with Crippen molar-refractivity contribution in [3.8, 4) is 10.6 Å². The van der Waals surface area contributed by atoms with Crippen LogP contribution >= 0.6 is 11.3 Å². The van der Waals surface area contributed by atoms with Crippen molar-refractivity contribution < 1.29 is 10.0 Å². The topological polar surface area (TPSA) is 53.4 Å². The molecule has 0 unspecified atom stereocenters. The van der Waals surface area contributed by atoms with Crippen LogP contribution in [-0.4, -0.2) is 22.2 Å². The monoisotopic (exact) mass is 305 g/mol. The zero-order chi connectivity index (χ0) is 15.1. The number of rotatable bonds is 2. The molecule has 0 saturated carbocycles. The molecule has 0 radical (unpaired) electrons. The maximum absolute atomic E-state index is 9.54. The van der Waals surface area contributed by atoms with Crippen molar-refractivity contribution in [2.45, 2.75) is 0 Å². The predicted molar refractivity (Wildman–Crippen MR) is 92.4 cm³/mol. The summed E-state index contributed by atoms with van der Waals surface area (Å²) in [5, 5.41) is 21.8. The molecule has 1 aromatic heterocycles. The molecule has 22 heavy (non-hydrogen) atoms. The molecule has 1 heterocycles. The van der Waals surface area contributed by atoms with Crippen LogP contribution in [0.3, 0.4) is 0 Å². The smallest absolute Gasteiger partial charge is 0.423 e. The third-order valence-electron chi connectivity index (χ3n) is 3.76. The summed E-state index contributed by atoms with van der Waals surface area (Å²) in [7, 11) is -1.48. The van der Waals surface area contributed by atoms with Crippen LogP contribution in [0.25, 0.3) is 31.6 Å². The highest BCUT2D eigenvalue weighted by Gasteiger charge is 2.16. The number of benzene rings is 3. The average Bonchev–Trinajstić information content (AvgIpc) is 2.97. The molecule has 5 heteroatoms. The molecule has 0 fully saturated rings. The van der Waals surface area contributed by atoms with Crippen LogP contribution in [0, 0.1) is 0 Å². The van der Waals surface area contributed by atoms with Gasteiger partial charge in [-0.05, 0) is 28.4 Å². The minimum absolute atomic E-state index is 0.514. The molecule has 0 bridgehead atoms. The van der Waals surface area contributed by atoms with Crippen LogP contribution in [0.5, 0.6) is 0 Å². The van der Waals surface area contributed by atoms with E-state index in [1.165, 1.54) is 0 Å². The Morgan fingerprint density at radius 2 is 1.59 bits per heavy atom. The summed E-state index contributed by atoms with van der Waals surface area (Å²) in [6.45, 7) is 0. The molecule has 0 aliphatic rings. The Morgan fingerprint density at radius 3 is 2.41 bits per heavy atom. The van der Waals surface area contributed by atoms with Gasteiger partial charge < -0.3 is 10.0 Å². The van der Waals surface area contributed by atoms with E-state index in [0.717, 1.165) is 31.6 Å². The van der Waals surface area contributed by atoms with Crippen molar-refractivity contribution in [2.75, 3.05) is 0 Å². The van der Waals surface area contributed by atoms with Gasteiger partial charge in [0.15, 0.2) is 0 Å². The highest BCUT2D eigenvalue weighted by Crippen LogP contribution is 2.34. The summed E-state index contributed by atoms with van der Waals surface area (Å²) in [4.78, 5) is 4.70. The lowest BCUT2D eigenvalue weighted by Gasteiger charge is -2.08. The lowest BCUT2D eigenvalue weighted by Crippen LogP contribution is -2.30. The highest BCUT2D eigenvalue weighted by atomic mass is 32.1. The fraction of sp³-hybridized carbons (Fsp3) is 0. The van der Waals surface area contributed by atoms with Gasteiger partial charge in [-0.25, -0.2) is 4.98 Å². The second kappa shape index (κ2) is 5.21. The lowest BCUT2D eigenvalue weighted by molar-refractivity contribution is 0.426. The Hall–Kier alpha value is -2.21. The minimum Gasteiger partial charge on any atom is -0.423 e. The number of nitrogens with zero attached hydrogens (tertiary/aromatic N) is 1. The van der Waals surface area contributed by atoms with E-state index in [1.54, 1.807) is 17.4 Å². The van der Waals surface area contributed by atoms with E-state index in [2.05, 4.69) is 6.07 Å². The maximum Gasteiger partial charge on any atom is 0.489 e. The van der Waals surface area contributed by atoms with Crippen molar-refractivity contribution in [3.05, 3.63) is 60.7 Å². The molecule has 106 valence electrons. The zero-order valence-corrected chi connectivity index (χ0v) is 12.4. The second-order valence-electron chi connectivity index (χ2n) is 5.11. The number of para-hydroxylation sites is 1. The quantitative estimate of drug-likeness (QED) is 0.560. The van der Waals surface area contributed by atoms with Gasteiger partial charge in [-0.2, -0.15) is 0 Å². The number of aromatic nitrogens is 1. The van der Waals surface area contributed by atoms with E-state index in [1.807, 2.05) is 48.5 Å². The Balaban J connectivity index is 2.00. The van der Waals surface area contributed by atoms with Crippen LogP contribution < -0.4 is 5.46 Å². The van der Waals surface area contributed by atoms with Gasteiger partial charge in [-0.3, -0.25) is 0 Å². The maximum atomic E-state index is 9.54. The molecule has 0 amide bonds. The highest BCUT2D eigenvalue weighted by molar-refractivity contribution is 7.21. The van der Waals surface area contributed by atoms with E-state index >= 15 is 0 Å². The molecule has 3 aromatic carbocycles. The molecule has 3 nitrogen and oxygen atoms in total. The first-order valence-electron chi connectivity index (χ1n) is 6.98. The molecular weight excluding hydrogens is 293 g/mol. The van der Waals surface area contributed by atoms with E-state index < -0.39 is 7.12 Å². The first kappa shape index (κ1) is 13.5. The molecule has 0 aliphatic carbocycles. The number of hydrogen-bond acceptors (Lipinski definition) is 4. The number of thiazole rings is 1. The van der Waals surface area contributed by atoms with Gasteiger partial charge in [0.25, 0.3) is 0 Å². The van der Waals surface area contributed by atoms with Gasteiger partial charge >= 0.3 is 7.12 Å². The molecule has 0 aliphatic heterocycles. The first-order chi connectivity index (χ1) is 10.7. The molecule has 0 atom stereocenters. The molecule has 4 aromatic rings. The summed E-state index contributed by atoms with van der Waals surface area (Å²) in [6.07, 6.45) is 0. The van der Waals surface area contributed by atoms with Crippen molar-refractivity contribution >= 4 is 44.9 Å². The van der Waals surface area contributed by atoms with Crippen molar-refractivity contribution in [1.29, 1.82) is 0 Å². The van der Waals surface area contributed by atoms with Crippen molar-refractivity contribution in [1.82, 2.24) is 4.98 Å². The van der Waals surface area contributed by atoms with E-state index in [0.29, 0.717) is 5.46 Å².